The van der Waals surface area contributed by atoms with Crippen molar-refractivity contribution in [1.82, 2.24) is 9.62 Å². The van der Waals surface area contributed by atoms with Gasteiger partial charge in [0.2, 0.25) is 15.9 Å². The molecule has 1 heterocycles. The van der Waals surface area contributed by atoms with E-state index in [2.05, 4.69) is 4.72 Å². The van der Waals surface area contributed by atoms with Crippen molar-refractivity contribution >= 4 is 26.7 Å². The first-order valence-corrected chi connectivity index (χ1v) is 11.2. The Hall–Kier alpha value is -1.92. The fourth-order valence-electron chi connectivity index (χ4n) is 3.53. The molecule has 0 radical (unpaired) electrons. The number of likely N-dealkylation sites (tertiary alicyclic amines) is 1. The monoisotopic (exact) mass is 388 g/mol. The highest BCUT2D eigenvalue weighted by Crippen LogP contribution is 2.21. The third kappa shape index (κ3) is 4.68. The number of hydrogen-bond acceptors (Lipinski definition) is 3. The van der Waals surface area contributed by atoms with Crippen molar-refractivity contribution in [2.75, 3.05) is 13.1 Å². The summed E-state index contributed by atoms with van der Waals surface area (Å²) in [7, 11) is -3.79. The molecule has 27 heavy (non-hydrogen) atoms. The van der Waals surface area contributed by atoms with E-state index in [4.69, 9.17) is 0 Å². The molecule has 0 aliphatic carbocycles. The van der Waals surface area contributed by atoms with Crippen molar-refractivity contribution in [3.8, 4) is 0 Å². The molecule has 1 aliphatic rings. The fraction of sp³-hybridized carbons (Fsp3) is 0.476. The highest BCUT2D eigenvalue weighted by atomic mass is 32.2. The smallest absolute Gasteiger partial charge is 0.241 e. The van der Waals surface area contributed by atoms with Crippen LogP contribution in [0.2, 0.25) is 0 Å². The van der Waals surface area contributed by atoms with Crippen LogP contribution in [0, 0.1) is 5.92 Å². The van der Waals surface area contributed by atoms with E-state index in [9.17, 15) is 13.2 Å². The third-order valence-corrected chi connectivity index (χ3v) is 6.60. The third-order valence-electron chi connectivity index (χ3n) is 5.16. The van der Waals surface area contributed by atoms with Crippen molar-refractivity contribution in [3.63, 3.8) is 0 Å². The summed E-state index contributed by atoms with van der Waals surface area (Å²) in [5.74, 6) is -0.243. The zero-order valence-corrected chi connectivity index (χ0v) is 16.8. The number of benzene rings is 2. The molecule has 1 saturated heterocycles. The second-order valence-corrected chi connectivity index (χ2v) is 9.31. The Balaban J connectivity index is 1.84. The first-order valence-electron chi connectivity index (χ1n) is 9.68. The summed E-state index contributed by atoms with van der Waals surface area (Å²) in [5, 5.41) is 1.85. The Labute approximate surface area is 161 Å². The molecule has 1 aliphatic heterocycles. The van der Waals surface area contributed by atoms with Crippen LogP contribution >= 0.6 is 0 Å². The number of nitrogens with one attached hydrogen (secondary N) is 1. The van der Waals surface area contributed by atoms with Gasteiger partial charge in [-0.2, -0.15) is 4.72 Å². The minimum Gasteiger partial charge on any atom is -0.341 e. The second kappa shape index (κ2) is 8.40. The molecule has 1 amide bonds. The zero-order chi connectivity index (χ0) is 19.4. The van der Waals surface area contributed by atoms with Crippen molar-refractivity contribution in [1.29, 1.82) is 0 Å². The highest BCUT2D eigenvalue weighted by Gasteiger charge is 2.31. The van der Waals surface area contributed by atoms with E-state index in [-0.39, 0.29) is 16.7 Å². The molecule has 1 unspecified atom stereocenters. The molecule has 0 aromatic heterocycles. The van der Waals surface area contributed by atoms with Crippen LogP contribution in [0.15, 0.2) is 47.4 Å². The maximum Gasteiger partial charge on any atom is 0.241 e. The summed E-state index contributed by atoms with van der Waals surface area (Å²) in [6.45, 7) is 5.17. The van der Waals surface area contributed by atoms with Crippen LogP contribution in [0.5, 0.6) is 0 Å². The molecule has 0 spiro atoms. The van der Waals surface area contributed by atoms with E-state index in [1.807, 2.05) is 43.0 Å². The van der Waals surface area contributed by atoms with Crippen LogP contribution in [0.3, 0.4) is 0 Å². The predicted molar refractivity (Wildman–Crippen MR) is 108 cm³/mol. The molecule has 3 rings (SSSR count). The molecular weight excluding hydrogens is 360 g/mol. The van der Waals surface area contributed by atoms with E-state index in [0.29, 0.717) is 13.1 Å². The van der Waals surface area contributed by atoms with Gasteiger partial charge in [-0.1, -0.05) is 57.0 Å². The summed E-state index contributed by atoms with van der Waals surface area (Å²) in [6.07, 6.45) is 4.21. The summed E-state index contributed by atoms with van der Waals surface area (Å²) in [4.78, 5) is 15.0. The van der Waals surface area contributed by atoms with Crippen LogP contribution in [-0.2, 0) is 14.8 Å². The number of carbonyl (C=O) groups excluding carboxylic acids is 1. The van der Waals surface area contributed by atoms with Crippen molar-refractivity contribution in [2.24, 2.45) is 5.92 Å². The van der Waals surface area contributed by atoms with E-state index in [1.165, 1.54) is 0 Å². The first kappa shape index (κ1) is 19.8. The largest absolute Gasteiger partial charge is 0.341 e. The van der Waals surface area contributed by atoms with Gasteiger partial charge in [0.25, 0.3) is 0 Å². The molecule has 2 aromatic carbocycles. The Morgan fingerprint density at radius 2 is 1.59 bits per heavy atom. The summed E-state index contributed by atoms with van der Waals surface area (Å²) < 4.78 is 28.6. The molecule has 0 saturated carbocycles. The minimum absolute atomic E-state index is 0.115. The van der Waals surface area contributed by atoms with Crippen molar-refractivity contribution in [3.05, 3.63) is 42.5 Å². The number of amides is 1. The standard InChI is InChI=1S/C21H28N2O3S/c1-16(2)20(21(24)23-13-7-3-4-8-14-23)22-27(25,26)19-12-11-17-9-5-6-10-18(17)15-19/h5-6,9-12,15-16,20,22H,3-4,7-8,13-14H2,1-2H3. The average Bonchev–Trinajstić information content (AvgIpc) is 2.94. The van der Waals surface area contributed by atoms with Gasteiger partial charge >= 0.3 is 0 Å². The summed E-state index contributed by atoms with van der Waals surface area (Å²) >= 11 is 0. The zero-order valence-electron chi connectivity index (χ0n) is 16.0. The molecule has 2 aromatic rings. The van der Waals surface area contributed by atoms with Gasteiger partial charge in [-0.3, -0.25) is 4.79 Å². The first-order chi connectivity index (χ1) is 12.9. The molecule has 1 fully saturated rings. The average molecular weight is 389 g/mol. The molecular formula is C21H28N2O3S. The lowest BCUT2D eigenvalue weighted by Crippen LogP contribution is -2.51. The van der Waals surface area contributed by atoms with Gasteiger partial charge in [0, 0.05) is 13.1 Å². The molecule has 0 bridgehead atoms. The molecule has 146 valence electrons. The van der Waals surface area contributed by atoms with Gasteiger partial charge in [0.1, 0.15) is 6.04 Å². The lowest BCUT2D eigenvalue weighted by molar-refractivity contribution is -0.134. The Kier molecular flexibility index (Phi) is 6.17. The number of sulfonamides is 1. The summed E-state index contributed by atoms with van der Waals surface area (Å²) in [5.41, 5.74) is 0. The number of nitrogens with zero attached hydrogens (tertiary/aromatic N) is 1. The highest BCUT2D eigenvalue weighted by molar-refractivity contribution is 7.89. The Morgan fingerprint density at radius 3 is 2.22 bits per heavy atom. The SMILES string of the molecule is CC(C)C(NS(=O)(=O)c1ccc2ccccc2c1)C(=O)N1CCCCCC1. The maximum atomic E-state index is 13.0. The number of hydrogen-bond donors (Lipinski definition) is 1. The molecule has 6 heteroatoms. The molecule has 5 nitrogen and oxygen atoms in total. The quantitative estimate of drug-likeness (QED) is 0.852. The normalized spacial score (nSPS) is 17.1. The number of rotatable bonds is 5. The van der Waals surface area contributed by atoms with E-state index in [1.54, 1.807) is 18.2 Å². The van der Waals surface area contributed by atoms with Crippen molar-refractivity contribution < 1.29 is 13.2 Å². The van der Waals surface area contributed by atoms with Crippen LogP contribution in [0.4, 0.5) is 0 Å². The Morgan fingerprint density at radius 1 is 0.963 bits per heavy atom. The number of carbonyl (C=O) groups is 1. The number of fused-ring (bicyclic) bond motifs is 1. The van der Waals surface area contributed by atoms with Crippen LogP contribution in [0.1, 0.15) is 39.5 Å². The van der Waals surface area contributed by atoms with E-state index < -0.39 is 16.1 Å². The van der Waals surface area contributed by atoms with Crippen LogP contribution in [0.25, 0.3) is 10.8 Å². The van der Waals surface area contributed by atoms with Crippen molar-refractivity contribution in [2.45, 2.75) is 50.5 Å². The van der Waals surface area contributed by atoms with E-state index >= 15 is 0 Å². The fourth-order valence-corrected chi connectivity index (χ4v) is 4.90. The van der Waals surface area contributed by atoms with Gasteiger partial charge in [-0.15, -0.1) is 0 Å². The van der Waals surface area contributed by atoms with E-state index in [0.717, 1.165) is 36.5 Å². The molecule has 1 atom stereocenters. The predicted octanol–water partition coefficient (Wildman–Crippen LogP) is 3.55. The minimum atomic E-state index is -3.79. The van der Waals surface area contributed by atoms with Gasteiger partial charge < -0.3 is 4.90 Å². The van der Waals surface area contributed by atoms with Gasteiger partial charge in [-0.05, 0) is 41.7 Å². The van der Waals surface area contributed by atoms with Gasteiger partial charge in [0.15, 0.2) is 0 Å². The molecule has 1 N–H and O–H groups in total. The second-order valence-electron chi connectivity index (χ2n) is 7.59. The van der Waals surface area contributed by atoms with Gasteiger partial charge in [-0.25, -0.2) is 8.42 Å². The summed E-state index contributed by atoms with van der Waals surface area (Å²) in [6, 6.07) is 11.9. The van der Waals surface area contributed by atoms with Crippen LogP contribution < -0.4 is 4.72 Å². The lowest BCUT2D eigenvalue weighted by atomic mass is 10.0. The lowest BCUT2D eigenvalue weighted by Gasteiger charge is -2.28. The van der Waals surface area contributed by atoms with Crippen LogP contribution in [-0.4, -0.2) is 38.4 Å². The Bertz CT molecular complexity index is 901. The van der Waals surface area contributed by atoms with Gasteiger partial charge in [0.05, 0.1) is 4.90 Å². The topological polar surface area (TPSA) is 66.5 Å². The maximum absolute atomic E-state index is 13.0.